The van der Waals surface area contributed by atoms with Crippen molar-refractivity contribution in [2.45, 2.75) is 129 Å². The quantitative estimate of drug-likeness (QED) is 0.248. The van der Waals surface area contributed by atoms with E-state index < -0.39 is 62.5 Å². The van der Waals surface area contributed by atoms with Crippen molar-refractivity contribution in [2.24, 2.45) is 0 Å². The first-order valence-electron chi connectivity index (χ1n) is 15.3. The lowest BCUT2D eigenvalue weighted by molar-refractivity contribution is -0.190. The van der Waals surface area contributed by atoms with Gasteiger partial charge in [-0.3, -0.25) is 9.13 Å². The molecule has 3 fully saturated rings. The smallest absolute Gasteiger partial charge is 0.343 e. The van der Waals surface area contributed by atoms with E-state index in [9.17, 15) is 9.13 Å². The van der Waals surface area contributed by atoms with Gasteiger partial charge < -0.3 is 37.6 Å². The molecule has 1 unspecified atom stereocenters. The zero-order chi connectivity index (χ0) is 33.0. The van der Waals surface area contributed by atoms with Crippen LogP contribution in [0, 0.1) is 0 Å². The van der Waals surface area contributed by atoms with Crippen molar-refractivity contribution in [3.63, 3.8) is 0 Å². The third-order valence-corrected chi connectivity index (χ3v) is 13.1. The molecule has 254 valence electrons. The zero-order valence-corrected chi connectivity index (χ0v) is 30.0. The van der Waals surface area contributed by atoms with Gasteiger partial charge in [0.1, 0.15) is 24.4 Å². The minimum absolute atomic E-state index is 0.0565. The van der Waals surface area contributed by atoms with Crippen LogP contribution in [-0.2, 0) is 41.4 Å². The lowest BCUT2D eigenvalue weighted by atomic mass is 10.1. The van der Waals surface area contributed by atoms with E-state index >= 15 is 0 Å². The van der Waals surface area contributed by atoms with Crippen molar-refractivity contribution < 1.29 is 41.4 Å². The summed E-state index contributed by atoms with van der Waals surface area (Å²) in [7, 11) is -6.74. The summed E-state index contributed by atoms with van der Waals surface area (Å²) in [5.41, 5.74) is -0.597. The van der Waals surface area contributed by atoms with Crippen molar-refractivity contribution in [1.82, 2.24) is 19.6 Å². The first-order chi connectivity index (χ1) is 20.8. The van der Waals surface area contributed by atoms with E-state index in [1.807, 2.05) is 0 Å². The van der Waals surface area contributed by atoms with Crippen molar-refractivity contribution in [1.29, 1.82) is 0 Å². The number of imidazole rings is 1. The van der Waals surface area contributed by atoms with Crippen LogP contribution in [0.4, 0.5) is 5.82 Å². The fraction of sp³-hybridized carbons (Fsp3) is 0.821. The van der Waals surface area contributed by atoms with E-state index in [2.05, 4.69) is 20.4 Å². The van der Waals surface area contributed by atoms with Crippen LogP contribution < -0.4 is 5.32 Å². The number of aromatic nitrogens is 4. The number of nitrogens with one attached hydrogen (secondary N) is 1. The normalized spacial score (nSPS) is 27.2. The first-order valence-corrected chi connectivity index (χ1v) is 19.1. The summed E-state index contributed by atoms with van der Waals surface area (Å²) in [4.78, 5) is 9.01. The van der Waals surface area contributed by atoms with Gasteiger partial charge in [0, 0.05) is 13.2 Å². The SMILES string of the molecule is COP(=O)(CP(=O)(OC(C)(C)C)OC(C)(C)C)OC[C@H]1O[C@@H](c2cnc3c(NC4CCCC4)nc(Cl)nn23)[C@@H]2OC(C)(C)O[C@@H]21. The fourth-order valence-electron chi connectivity index (χ4n) is 5.94. The summed E-state index contributed by atoms with van der Waals surface area (Å²) < 4.78 is 71.2. The van der Waals surface area contributed by atoms with Gasteiger partial charge in [-0.05, 0) is 79.8 Å². The highest BCUT2D eigenvalue weighted by atomic mass is 35.5. The summed E-state index contributed by atoms with van der Waals surface area (Å²) in [6.07, 6.45) is 3.46. The van der Waals surface area contributed by atoms with Crippen LogP contribution in [0.3, 0.4) is 0 Å². The van der Waals surface area contributed by atoms with E-state index in [1.54, 1.807) is 66.1 Å². The predicted molar refractivity (Wildman–Crippen MR) is 168 cm³/mol. The molecule has 5 atom stereocenters. The van der Waals surface area contributed by atoms with E-state index in [4.69, 9.17) is 43.9 Å². The Bertz CT molecular complexity index is 1450. The summed E-state index contributed by atoms with van der Waals surface area (Å²) in [5, 5.41) is 7.94. The van der Waals surface area contributed by atoms with Crippen molar-refractivity contribution >= 4 is 38.3 Å². The van der Waals surface area contributed by atoms with Gasteiger partial charge in [0.15, 0.2) is 23.2 Å². The molecule has 1 N–H and O–H groups in total. The maximum atomic E-state index is 13.9. The van der Waals surface area contributed by atoms with E-state index in [-0.39, 0.29) is 17.9 Å². The number of hydrogen-bond acceptors (Lipinski definition) is 13. The van der Waals surface area contributed by atoms with Gasteiger partial charge in [0.2, 0.25) is 5.28 Å². The molecule has 17 heteroatoms. The molecular formula is C28H46ClN5O9P2. The largest absolute Gasteiger partial charge is 0.364 e. The lowest BCUT2D eigenvalue weighted by Gasteiger charge is -2.33. The average Bonchev–Trinajstić information content (AvgIpc) is 3.64. The van der Waals surface area contributed by atoms with Gasteiger partial charge >= 0.3 is 15.2 Å². The van der Waals surface area contributed by atoms with Crippen LogP contribution in [0.5, 0.6) is 0 Å². The molecule has 0 spiro atoms. The maximum Gasteiger partial charge on any atom is 0.343 e. The Morgan fingerprint density at radius 3 is 2.27 bits per heavy atom. The lowest BCUT2D eigenvalue weighted by Crippen LogP contribution is -2.33. The summed E-state index contributed by atoms with van der Waals surface area (Å²) in [6, 6.07) is 0.287. The van der Waals surface area contributed by atoms with E-state index in [0.717, 1.165) is 25.7 Å². The van der Waals surface area contributed by atoms with Gasteiger partial charge in [-0.1, -0.05) is 12.8 Å². The molecule has 2 aliphatic heterocycles. The van der Waals surface area contributed by atoms with Crippen LogP contribution in [0.1, 0.15) is 92.9 Å². The van der Waals surface area contributed by atoms with Gasteiger partial charge in [0.05, 0.1) is 29.7 Å². The van der Waals surface area contributed by atoms with Crippen molar-refractivity contribution in [3.8, 4) is 0 Å². The summed E-state index contributed by atoms with van der Waals surface area (Å²) in [6.45, 7) is 13.8. The second-order valence-electron chi connectivity index (χ2n) is 14.2. The molecule has 2 aromatic rings. The van der Waals surface area contributed by atoms with Gasteiger partial charge in [-0.2, -0.15) is 4.98 Å². The molecule has 45 heavy (non-hydrogen) atoms. The average molecular weight is 694 g/mol. The molecule has 1 aliphatic carbocycles. The molecule has 4 heterocycles. The molecule has 5 rings (SSSR count). The third kappa shape index (κ3) is 8.46. The number of ether oxygens (including phenoxy) is 3. The molecule has 3 aliphatic rings. The van der Waals surface area contributed by atoms with Crippen LogP contribution in [0.25, 0.3) is 5.65 Å². The summed E-state index contributed by atoms with van der Waals surface area (Å²) in [5.74, 6) is -0.969. The minimum atomic E-state index is -4.02. The molecule has 0 aromatic carbocycles. The molecule has 0 amide bonds. The minimum Gasteiger partial charge on any atom is -0.364 e. The Hall–Kier alpha value is -1.18. The second-order valence-corrected chi connectivity index (χ2v) is 19.1. The molecule has 1 saturated carbocycles. The second kappa shape index (κ2) is 12.7. The van der Waals surface area contributed by atoms with E-state index in [0.29, 0.717) is 17.2 Å². The Morgan fingerprint density at radius 2 is 1.67 bits per heavy atom. The fourth-order valence-corrected chi connectivity index (χ4v) is 11.2. The van der Waals surface area contributed by atoms with Crippen LogP contribution in [0.2, 0.25) is 5.28 Å². The predicted octanol–water partition coefficient (Wildman–Crippen LogP) is 6.73. The number of nitrogens with zero attached hydrogens (tertiary/aromatic N) is 4. The number of halogens is 1. The van der Waals surface area contributed by atoms with Crippen LogP contribution in [-0.4, -0.2) is 80.5 Å². The molecule has 0 bridgehead atoms. The molecular weight excluding hydrogens is 648 g/mol. The van der Waals surface area contributed by atoms with Gasteiger partial charge in [-0.15, -0.1) is 5.10 Å². The maximum absolute atomic E-state index is 13.9. The third-order valence-electron chi connectivity index (χ3n) is 7.39. The Kier molecular flexibility index (Phi) is 9.91. The topological polar surface area (TPSA) is 154 Å². The summed E-state index contributed by atoms with van der Waals surface area (Å²) >= 11 is 6.36. The Morgan fingerprint density at radius 1 is 1.04 bits per heavy atom. The number of anilines is 1. The van der Waals surface area contributed by atoms with Gasteiger partial charge in [-0.25, -0.2) is 9.50 Å². The highest BCUT2D eigenvalue weighted by molar-refractivity contribution is 7.71. The Balaban J connectivity index is 1.38. The molecule has 2 saturated heterocycles. The zero-order valence-electron chi connectivity index (χ0n) is 27.4. The van der Waals surface area contributed by atoms with Crippen molar-refractivity contribution in [2.75, 3.05) is 24.9 Å². The van der Waals surface area contributed by atoms with Crippen LogP contribution >= 0.6 is 26.8 Å². The first kappa shape index (κ1) is 35.1. The van der Waals surface area contributed by atoms with E-state index in [1.165, 1.54) is 7.11 Å². The number of hydrogen-bond donors (Lipinski definition) is 1. The molecule has 14 nitrogen and oxygen atoms in total. The number of rotatable bonds is 11. The monoisotopic (exact) mass is 693 g/mol. The standard InChI is InChI=1S/C28H46ClN5O9P2/c1-26(2,3)42-45(36,43-27(4,5)6)16-44(35,37-9)38-15-19-21-22(41-28(7,8)40-21)20(39-19)18-14-30-24-23(31-17-12-10-11-13-17)32-25(29)33-34(18)24/h14,17,19-22H,10-13,15-16H2,1-9H3,(H,31,32,33)/t19-,20+,21-,22+,44?/m1/s1. The number of fused-ring (bicyclic) bond motifs is 2. The molecule has 2 aromatic heterocycles. The van der Waals surface area contributed by atoms with Crippen molar-refractivity contribution in [3.05, 3.63) is 17.2 Å². The highest BCUT2D eigenvalue weighted by Crippen LogP contribution is 2.66. The Labute approximate surface area is 269 Å². The van der Waals surface area contributed by atoms with Crippen LogP contribution in [0.15, 0.2) is 6.20 Å². The highest BCUT2D eigenvalue weighted by Gasteiger charge is 2.57. The molecule has 0 radical (unpaired) electrons. The van der Waals surface area contributed by atoms with Gasteiger partial charge in [0.25, 0.3) is 0 Å².